The Hall–Kier alpha value is -3.18. The Balaban J connectivity index is 1.60. The number of hydrogen-bond donors (Lipinski definition) is 1. The maximum atomic E-state index is 13.2. The smallest absolute Gasteiger partial charge is 0.152 e. The average Bonchev–Trinajstić information content (AvgIpc) is 3.35. The Morgan fingerprint density at radius 3 is 2.34 bits per heavy atom. The van der Waals surface area contributed by atoms with E-state index in [2.05, 4.69) is 17.3 Å². The minimum atomic E-state index is -0.231. The van der Waals surface area contributed by atoms with Gasteiger partial charge < -0.3 is 9.73 Å². The van der Waals surface area contributed by atoms with Gasteiger partial charge in [0.15, 0.2) is 5.76 Å². The third-order valence-corrected chi connectivity index (χ3v) is 4.83. The van der Waals surface area contributed by atoms with Crippen molar-refractivity contribution in [1.82, 2.24) is 15.1 Å². The van der Waals surface area contributed by atoms with Crippen molar-refractivity contribution in [2.75, 3.05) is 13.1 Å². The SMILES string of the molecule is CCNCCc1ccc(-c2cc(C)nn2-c2ccc(-c3ccc(F)cc3)cc2)o1. The molecule has 5 heteroatoms. The number of nitrogens with one attached hydrogen (secondary N) is 1. The maximum absolute atomic E-state index is 13.2. The molecule has 1 N–H and O–H groups in total. The predicted molar refractivity (Wildman–Crippen MR) is 114 cm³/mol. The second kappa shape index (κ2) is 8.45. The fraction of sp³-hybridized carbons (Fsp3) is 0.208. The van der Waals surface area contributed by atoms with E-state index in [0.717, 1.165) is 59.2 Å². The van der Waals surface area contributed by atoms with E-state index in [4.69, 9.17) is 4.42 Å². The van der Waals surface area contributed by atoms with Gasteiger partial charge in [-0.2, -0.15) is 5.10 Å². The molecule has 4 aromatic rings. The van der Waals surface area contributed by atoms with E-state index in [1.54, 1.807) is 12.1 Å². The number of rotatable bonds is 7. The van der Waals surface area contributed by atoms with Crippen LogP contribution >= 0.6 is 0 Å². The van der Waals surface area contributed by atoms with Gasteiger partial charge in [-0.15, -0.1) is 0 Å². The molecule has 0 bridgehead atoms. The van der Waals surface area contributed by atoms with Crippen molar-refractivity contribution in [2.24, 2.45) is 0 Å². The number of aryl methyl sites for hydroxylation is 1. The molecule has 0 aliphatic rings. The van der Waals surface area contributed by atoms with E-state index in [0.29, 0.717) is 0 Å². The third-order valence-electron chi connectivity index (χ3n) is 4.83. The monoisotopic (exact) mass is 389 g/mol. The lowest BCUT2D eigenvalue weighted by Crippen LogP contribution is -2.15. The highest BCUT2D eigenvalue weighted by molar-refractivity contribution is 5.65. The van der Waals surface area contributed by atoms with Crippen molar-refractivity contribution < 1.29 is 8.81 Å². The first kappa shape index (κ1) is 19.2. The second-order valence-electron chi connectivity index (χ2n) is 7.01. The van der Waals surface area contributed by atoms with Gasteiger partial charge in [0.05, 0.1) is 11.4 Å². The lowest BCUT2D eigenvalue weighted by Gasteiger charge is -2.08. The fourth-order valence-corrected chi connectivity index (χ4v) is 3.35. The van der Waals surface area contributed by atoms with E-state index in [1.807, 2.05) is 54.1 Å². The van der Waals surface area contributed by atoms with Gasteiger partial charge >= 0.3 is 0 Å². The molecule has 2 aromatic heterocycles. The average molecular weight is 389 g/mol. The Kier molecular flexibility index (Phi) is 5.58. The molecule has 4 rings (SSSR count). The van der Waals surface area contributed by atoms with Crippen molar-refractivity contribution in [1.29, 1.82) is 0 Å². The molecule has 4 nitrogen and oxygen atoms in total. The molecule has 0 amide bonds. The van der Waals surface area contributed by atoms with Crippen LogP contribution < -0.4 is 5.32 Å². The first-order valence-corrected chi connectivity index (χ1v) is 9.87. The van der Waals surface area contributed by atoms with Crippen LogP contribution in [0.25, 0.3) is 28.3 Å². The summed E-state index contributed by atoms with van der Waals surface area (Å²) in [6.45, 7) is 5.91. The minimum Gasteiger partial charge on any atom is -0.459 e. The van der Waals surface area contributed by atoms with Gasteiger partial charge in [-0.25, -0.2) is 9.07 Å². The van der Waals surface area contributed by atoms with Crippen LogP contribution in [0, 0.1) is 12.7 Å². The Morgan fingerprint density at radius 2 is 1.66 bits per heavy atom. The molecule has 0 fully saturated rings. The summed E-state index contributed by atoms with van der Waals surface area (Å²) in [7, 11) is 0. The molecular formula is C24H24FN3O. The van der Waals surface area contributed by atoms with Crippen molar-refractivity contribution in [3.05, 3.63) is 84.0 Å². The largest absolute Gasteiger partial charge is 0.459 e. The molecule has 0 aliphatic heterocycles. The molecule has 2 heterocycles. The highest BCUT2D eigenvalue weighted by atomic mass is 19.1. The van der Waals surface area contributed by atoms with E-state index in [-0.39, 0.29) is 5.82 Å². The number of furan rings is 1. The first-order valence-electron chi connectivity index (χ1n) is 9.87. The topological polar surface area (TPSA) is 43.0 Å². The number of likely N-dealkylation sites (N-methyl/N-ethyl adjacent to an activating group) is 1. The number of benzene rings is 2. The summed E-state index contributed by atoms with van der Waals surface area (Å²) in [4.78, 5) is 0. The zero-order valence-corrected chi connectivity index (χ0v) is 16.7. The molecule has 0 saturated carbocycles. The summed E-state index contributed by atoms with van der Waals surface area (Å²) >= 11 is 0. The molecule has 0 aliphatic carbocycles. The second-order valence-corrected chi connectivity index (χ2v) is 7.01. The number of nitrogens with zero attached hydrogens (tertiary/aromatic N) is 2. The van der Waals surface area contributed by atoms with Gasteiger partial charge in [0.2, 0.25) is 0 Å². The summed E-state index contributed by atoms with van der Waals surface area (Å²) in [5, 5.41) is 7.96. The normalized spacial score (nSPS) is 11.1. The molecule has 2 aromatic carbocycles. The highest BCUT2D eigenvalue weighted by Gasteiger charge is 2.14. The molecule has 0 atom stereocenters. The van der Waals surface area contributed by atoms with E-state index in [9.17, 15) is 4.39 Å². The van der Waals surface area contributed by atoms with Crippen LogP contribution in [0.1, 0.15) is 18.4 Å². The van der Waals surface area contributed by atoms with Crippen LogP contribution in [0.15, 0.2) is 71.1 Å². The number of halogens is 1. The quantitative estimate of drug-likeness (QED) is 0.431. The van der Waals surface area contributed by atoms with Crippen LogP contribution in [0.2, 0.25) is 0 Å². The molecule has 148 valence electrons. The minimum absolute atomic E-state index is 0.231. The third kappa shape index (κ3) is 4.30. The summed E-state index contributed by atoms with van der Waals surface area (Å²) in [5.41, 5.74) is 4.80. The Morgan fingerprint density at radius 1 is 0.966 bits per heavy atom. The summed E-state index contributed by atoms with van der Waals surface area (Å²) in [6.07, 6.45) is 0.854. The molecule has 0 spiro atoms. The van der Waals surface area contributed by atoms with E-state index < -0.39 is 0 Å². The molecular weight excluding hydrogens is 365 g/mol. The lowest BCUT2D eigenvalue weighted by molar-refractivity contribution is 0.509. The lowest BCUT2D eigenvalue weighted by atomic mass is 10.1. The van der Waals surface area contributed by atoms with Crippen LogP contribution in [-0.4, -0.2) is 22.9 Å². The number of aromatic nitrogens is 2. The van der Waals surface area contributed by atoms with Gasteiger partial charge in [-0.3, -0.25) is 0 Å². The van der Waals surface area contributed by atoms with Crippen LogP contribution in [0.3, 0.4) is 0 Å². The zero-order valence-electron chi connectivity index (χ0n) is 16.7. The van der Waals surface area contributed by atoms with Crippen LogP contribution in [0.5, 0.6) is 0 Å². The van der Waals surface area contributed by atoms with Gasteiger partial charge in [0.1, 0.15) is 17.3 Å². The molecule has 0 saturated heterocycles. The Bertz CT molecular complexity index is 1080. The van der Waals surface area contributed by atoms with Crippen LogP contribution in [-0.2, 0) is 6.42 Å². The first-order chi connectivity index (χ1) is 14.1. The van der Waals surface area contributed by atoms with Gasteiger partial charge in [0.25, 0.3) is 0 Å². The van der Waals surface area contributed by atoms with Crippen molar-refractivity contribution in [3.63, 3.8) is 0 Å². The predicted octanol–water partition coefficient (Wildman–Crippen LogP) is 5.40. The van der Waals surface area contributed by atoms with Gasteiger partial charge in [0, 0.05) is 13.0 Å². The van der Waals surface area contributed by atoms with Gasteiger partial charge in [-0.05, 0) is 67.1 Å². The maximum Gasteiger partial charge on any atom is 0.152 e. The highest BCUT2D eigenvalue weighted by Crippen LogP contribution is 2.28. The van der Waals surface area contributed by atoms with Gasteiger partial charge in [-0.1, -0.05) is 31.2 Å². The summed E-state index contributed by atoms with van der Waals surface area (Å²) < 4.78 is 21.1. The molecule has 29 heavy (non-hydrogen) atoms. The standard InChI is InChI=1S/C24H24FN3O/c1-3-26-15-14-22-12-13-24(29-22)23-16-17(2)27-28(23)21-10-6-19(7-11-21)18-4-8-20(25)9-5-18/h4-13,16,26H,3,14-15H2,1-2H3. The fourth-order valence-electron chi connectivity index (χ4n) is 3.35. The summed E-state index contributed by atoms with van der Waals surface area (Å²) in [5.74, 6) is 1.53. The summed E-state index contributed by atoms with van der Waals surface area (Å²) in [6, 6.07) is 20.6. The van der Waals surface area contributed by atoms with Crippen LogP contribution in [0.4, 0.5) is 4.39 Å². The van der Waals surface area contributed by atoms with Crippen molar-refractivity contribution in [3.8, 4) is 28.3 Å². The zero-order chi connectivity index (χ0) is 20.2. The van der Waals surface area contributed by atoms with Crippen molar-refractivity contribution in [2.45, 2.75) is 20.3 Å². The van der Waals surface area contributed by atoms with E-state index >= 15 is 0 Å². The van der Waals surface area contributed by atoms with E-state index in [1.165, 1.54) is 12.1 Å². The van der Waals surface area contributed by atoms with Crippen molar-refractivity contribution >= 4 is 0 Å². The molecule has 0 unspecified atom stereocenters. The Labute approximate surface area is 170 Å². The molecule has 0 radical (unpaired) electrons. The number of hydrogen-bond acceptors (Lipinski definition) is 3.